The Bertz CT molecular complexity index is 294. The Morgan fingerprint density at radius 1 is 1.12 bits per heavy atom. The number of rotatable bonds is 1. The summed E-state index contributed by atoms with van der Waals surface area (Å²) < 4.78 is 0. The summed E-state index contributed by atoms with van der Waals surface area (Å²) in [7, 11) is 0. The Kier molecular flexibility index (Phi) is 3.86. The van der Waals surface area contributed by atoms with Crippen molar-refractivity contribution < 1.29 is 10.2 Å². The molecule has 0 aromatic rings. The molecule has 2 rings (SSSR count). The number of hydrogen-bond donors (Lipinski definition) is 2. The van der Waals surface area contributed by atoms with E-state index in [1.165, 1.54) is 6.42 Å². The Morgan fingerprint density at radius 3 is 2.56 bits per heavy atom. The standard InChI is InChI=1S/C14H22O2/c15-13-7-3-2-6-12(13)8-11-14(16)9-4-1-5-10-14/h11,13,15-16H,1-7,9-10H2/t8?,13-/m1/s1. The third-order valence-electron chi connectivity index (χ3n) is 3.82. The first kappa shape index (κ1) is 11.9. The van der Waals surface area contributed by atoms with E-state index in [1.807, 2.05) is 6.08 Å². The maximum Gasteiger partial charge on any atom is 0.0901 e. The van der Waals surface area contributed by atoms with E-state index in [-0.39, 0.29) is 6.10 Å². The lowest BCUT2D eigenvalue weighted by Crippen LogP contribution is -2.28. The van der Waals surface area contributed by atoms with Crippen molar-refractivity contribution in [1.82, 2.24) is 0 Å². The van der Waals surface area contributed by atoms with Gasteiger partial charge in [0.15, 0.2) is 0 Å². The molecular formula is C14H22O2. The molecule has 90 valence electrons. The van der Waals surface area contributed by atoms with Gasteiger partial charge in [0.25, 0.3) is 0 Å². The van der Waals surface area contributed by atoms with Crippen molar-refractivity contribution in [2.24, 2.45) is 0 Å². The maximum absolute atomic E-state index is 10.3. The molecule has 0 aliphatic heterocycles. The highest BCUT2D eigenvalue weighted by Crippen LogP contribution is 2.29. The van der Waals surface area contributed by atoms with Crippen molar-refractivity contribution in [2.45, 2.75) is 69.5 Å². The lowest BCUT2D eigenvalue weighted by atomic mass is 9.84. The lowest BCUT2D eigenvalue weighted by molar-refractivity contribution is 0.0514. The predicted molar refractivity (Wildman–Crippen MR) is 64.1 cm³/mol. The first-order valence-corrected chi connectivity index (χ1v) is 6.57. The van der Waals surface area contributed by atoms with Crippen molar-refractivity contribution >= 4 is 0 Å². The van der Waals surface area contributed by atoms with Crippen molar-refractivity contribution in [3.8, 4) is 0 Å². The predicted octanol–water partition coefficient (Wildman–Crippen LogP) is 2.70. The molecule has 0 spiro atoms. The first-order chi connectivity index (χ1) is 7.70. The van der Waals surface area contributed by atoms with Gasteiger partial charge in [0.05, 0.1) is 11.7 Å². The van der Waals surface area contributed by atoms with Crippen LogP contribution in [0.4, 0.5) is 0 Å². The summed E-state index contributed by atoms with van der Waals surface area (Å²) >= 11 is 0. The van der Waals surface area contributed by atoms with E-state index in [0.717, 1.165) is 56.9 Å². The van der Waals surface area contributed by atoms with Gasteiger partial charge in [0.2, 0.25) is 0 Å². The molecule has 0 bridgehead atoms. The van der Waals surface area contributed by atoms with Gasteiger partial charge in [-0.15, -0.1) is 5.73 Å². The summed E-state index contributed by atoms with van der Waals surface area (Å²) in [6.07, 6.45) is 10.7. The van der Waals surface area contributed by atoms with Crippen LogP contribution >= 0.6 is 0 Å². The fourth-order valence-electron chi connectivity index (χ4n) is 2.70. The Hall–Kier alpha value is -0.560. The van der Waals surface area contributed by atoms with Crippen LogP contribution in [0.2, 0.25) is 0 Å². The molecule has 0 aromatic carbocycles. The fraction of sp³-hybridized carbons (Fsp3) is 0.786. The summed E-state index contributed by atoms with van der Waals surface area (Å²) in [6, 6.07) is 0. The molecule has 2 nitrogen and oxygen atoms in total. The number of hydrogen-bond acceptors (Lipinski definition) is 2. The fourth-order valence-corrected chi connectivity index (χ4v) is 2.70. The highest BCUT2D eigenvalue weighted by atomic mass is 16.3. The van der Waals surface area contributed by atoms with Crippen LogP contribution in [-0.4, -0.2) is 21.9 Å². The molecule has 2 heteroatoms. The number of aliphatic hydroxyl groups excluding tert-OH is 1. The second-order valence-electron chi connectivity index (χ2n) is 5.24. The molecule has 0 amide bonds. The van der Waals surface area contributed by atoms with Gasteiger partial charge >= 0.3 is 0 Å². The smallest absolute Gasteiger partial charge is 0.0901 e. The van der Waals surface area contributed by atoms with Crippen LogP contribution in [0.15, 0.2) is 17.4 Å². The molecule has 0 saturated heterocycles. The highest BCUT2D eigenvalue weighted by molar-refractivity contribution is 5.13. The Morgan fingerprint density at radius 2 is 1.88 bits per heavy atom. The summed E-state index contributed by atoms with van der Waals surface area (Å²) in [6.45, 7) is 0. The zero-order valence-electron chi connectivity index (χ0n) is 9.91. The molecule has 1 atom stereocenters. The van der Waals surface area contributed by atoms with Gasteiger partial charge in [0.1, 0.15) is 0 Å². The van der Waals surface area contributed by atoms with E-state index in [1.54, 1.807) is 0 Å². The van der Waals surface area contributed by atoms with Crippen LogP contribution in [0.5, 0.6) is 0 Å². The van der Waals surface area contributed by atoms with Crippen molar-refractivity contribution in [2.75, 3.05) is 0 Å². The van der Waals surface area contributed by atoms with Crippen LogP contribution in [0.1, 0.15) is 57.8 Å². The SMILES string of the molecule is O[C@@H]1CCCCC1=C=CC1(O)CCCCC1. The normalized spacial score (nSPS) is 29.6. The quantitative estimate of drug-likeness (QED) is 0.670. The molecule has 2 N–H and O–H groups in total. The average Bonchev–Trinajstić information content (AvgIpc) is 2.29. The van der Waals surface area contributed by atoms with Gasteiger partial charge in [-0.2, -0.15) is 0 Å². The lowest BCUT2D eigenvalue weighted by Gasteiger charge is -2.28. The maximum atomic E-state index is 10.3. The average molecular weight is 222 g/mol. The van der Waals surface area contributed by atoms with Crippen LogP contribution in [0.25, 0.3) is 0 Å². The van der Waals surface area contributed by atoms with E-state index in [9.17, 15) is 10.2 Å². The topological polar surface area (TPSA) is 40.5 Å². The Balaban J connectivity index is 2.07. The second-order valence-corrected chi connectivity index (χ2v) is 5.24. The molecule has 2 saturated carbocycles. The number of aliphatic hydroxyl groups is 2. The molecule has 2 fully saturated rings. The monoisotopic (exact) mass is 222 g/mol. The molecular weight excluding hydrogens is 200 g/mol. The van der Waals surface area contributed by atoms with Crippen LogP contribution in [-0.2, 0) is 0 Å². The van der Waals surface area contributed by atoms with Crippen LogP contribution in [0, 0.1) is 0 Å². The highest BCUT2D eigenvalue weighted by Gasteiger charge is 2.26. The van der Waals surface area contributed by atoms with Gasteiger partial charge in [-0.05, 0) is 43.8 Å². The van der Waals surface area contributed by atoms with Crippen LogP contribution in [0.3, 0.4) is 0 Å². The minimum absolute atomic E-state index is 0.322. The molecule has 0 aromatic heterocycles. The minimum Gasteiger partial charge on any atom is -0.388 e. The van der Waals surface area contributed by atoms with E-state index < -0.39 is 5.60 Å². The molecule has 2 aliphatic rings. The zero-order chi connectivity index (χ0) is 11.4. The molecule has 16 heavy (non-hydrogen) atoms. The van der Waals surface area contributed by atoms with Gasteiger partial charge in [-0.25, -0.2) is 0 Å². The van der Waals surface area contributed by atoms with E-state index in [2.05, 4.69) is 5.73 Å². The summed E-state index contributed by atoms with van der Waals surface area (Å²) in [5.41, 5.74) is 3.51. The third-order valence-corrected chi connectivity index (χ3v) is 3.82. The summed E-state index contributed by atoms with van der Waals surface area (Å²) in [4.78, 5) is 0. The van der Waals surface area contributed by atoms with Gasteiger partial charge in [-0.1, -0.05) is 25.7 Å². The molecule has 0 heterocycles. The third kappa shape index (κ3) is 2.98. The summed E-state index contributed by atoms with van der Waals surface area (Å²) in [5, 5.41) is 20.1. The summed E-state index contributed by atoms with van der Waals surface area (Å²) in [5.74, 6) is 0. The zero-order valence-corrected chi connectivity index (χ0v) is 9.91. The second kappa shape index (κ2) is 5.18. The van der Waals surface area contributed by atoms with Crippen LogP contribution < -0.4 is 0 Å². The molecule has 0 radical (unpaired) electrons. The van der Waals surface area contributed by atoms with Crippen molar-refractivity contribution in [1.29, 1.82) is 0 Å². The van der Waals surface area contributed by atoms with E-state index in [4.69, 9.17) is 0 Å². The van der Waals surface area contributed by atoms with Crippen molar-refractivity contribution in [3.05, 3.63) is 17.4 Å². The van der Waals surface area contributed by atoms with E-state index >= 15 is 0 Å². The van der Waals surface area contributed by atoms with E-state index in [0.29, 0.717) is 0 Å². The first-order valence-electron chi connectivity index (χ1n) is 6.57. The minimum atomic E-state index is -0.650. The van der Waals surface area contributed by atoms with Gasteiger partial charge in [0, 0.05) is 0 Å². The van der Waals surface area contributed by atoms with Gasteiger partial charge in [-0.3, -0.25) is 0 Å². The van der Waals surface area contributed by atoms with Crippen molar-refractivity contribution in [3.63, 3.8) is 0 Å². The molecule has 2 aliphatic carbocycles. The molecule has 0 unspecified atom stereocenters. The van der Waals surface area contributed by atoms with Gasteiger partial charge < -0.3 is 10.2 Å². The largest absolute Gasteiger partial charge is 0.388 e. The Labute approximate surface area is 97.7 Å².